The normalized spacial score (nSPS) is 10.8. The molecule has 12 heavy (non-hydrogen) atoms. The number of rotatable bonds is 2. The molecule has 0 saturated heterocycles. The molecule has 0 nitrogen and oxygen atoms in total. The maximum atomic E-state index is 5.88. The van der Waals surface area contributed by atoms with Crippen molar-refractivity contribution in [3.05, 3.63) is 32.9 Å². The molecule has 0 saturated carbocycles. The van der Waals surface area contributed by atoms with Crippen LogP contribution in [0.3, 0.4) is 0 Å². The number of alkyl halides is 1. The van der Waals surface area contributed by atoms with Gasteiger partial charge in [0.15, 0.2) is 0 Å². The van der Waals surface area contributed by atoms with Gasteiger partial charge in [0.1, 0.15) is 0 Å². The van der Waals surface area contributed by atoms with Crippen LogP contribution >= 0.6 is 34.2 Å². The fourth-order valence-electron chi connectivity index (χ4n) is 1.26. The van der Waals surface area contributed by atoms with E-state index in [1.807, 2.05) is 0 Å². The molecule has 0 unspecified atom stereocenters. The van der Waals surface area contributed by atoms with Gasteiger partial charge in [-0.2, -0.15) is 0 Å². The zero-order chi connectivity index (χ0) is 9.14. The molecule has 0 N–H and O–H groups in total. The predicted molar refractivity (Wildman–Crippen MR) is 62.8 cm³/mol. The van der Waals surface area contributed by atoms with E-state index >= 15 is 0 Å². The monoisotopic (exact) mass is 294 g/mol. The Labute approximate surface area is 92.5 Å². The number of halogens is 2. The molecule has 0 aromatic heterocycles. The number of hydrogen-bond acceptors (Lipinski definition) is 0. The first kappa shape index (κ1) is 10.3. The third-order valence-electron chi connectivity index (χ3n) is 1.91. The van der Waals surface area contributed by atoms with Gasteiger partial charge in [0.25, 0.3) is 0 Å². The number of benzene rings is 1. The van der Waals surface area contributed by atoms with E-state index < -0.39 is 0 Å². The highest BCUT2D eigenvalue weighted by molar-refractivity contribution is 14.1. The molecule has 0 aliphatic heterocycles. The second kappa shape index (κ2) is 4.47. The first-order chi connectivity index (χ1) is 5.66. The maximum absolute atomic E-state index is 5.88. The molecule has 0 fully saturated rings. The highest BCUT2D eigenvalue weighted by atomic mass is 127. The van der Waals surface area contributed by atoms with Crippen LogP contribution in [0.4, 0.5) is 0 Å². The minimum atomic E-state index is 0.563. The van der Waals surface area contributed by atoms with Crippen molar-refractivity contribution >= 4 is 34.2 Å². The van der Waals surface area contributed by atoms with E-state index in [-0.39, 0.29) is 0 Å². The van der Waals surface area contributed by atoms with Crippen LogP contribution in [0, 0.1) is 3.57 Å². The van der Waals surface area contributed by atoms with Gasteiger partial charge in [-0.05, 0) is 45.7 Å². The highest BCUT2D eigenvalue weighted by Gasteiger charge is 2.07. The fraction of sp³-hybridized carbons (Fsp3) is 0.400. The van der Waals surface area contributed by atoms with E-state index in [0.717, 1.165) is 0 Å². The second-order valence-electron chi connectivity index (χ2n) is 3.10. The van der Waals surface area contributed by atoms with Crippen LogP contribution in [0.25, 0.3) is 0 Å². The molecule has 66 valence electrons. The topological polar surface area (TPSA) is 0 Å². The summed E-state index contributed by atoms with van der Waals surface area (Å²) in [7, 11) is 0. The van der Waals surface area contributed by atoms with Crippen LogP contribution in [0.15, 0.2) is 18.2 Å². The third kappa shape index (κ3) is 2.13. The molecule has 0 aliphatic rings. The molecule has 2 heteroatoms. The van der Waals surface area contributed by atoms with Crippen molar-refractivity contribution in [2.24, 2.45) is 0 Å². The first-order valence-electron chi connectivity index (χ1n) is 4.00. The van der Waals surface area contributed by atoms with Crippen LogP contribution in [0.2, 0.25) is 0 Å². The van der Waals surface area contributed by atoms with Gasteiger partial charge in [0, 0.05) is 9.45 Å². The molecular weight excluding hydrogens is 282 g/mol. The predicted octanol–water partition coefficient (Wildman–Crippen LogP) is 4.15. The molecule has 0 bridgehead atoms. The van der Waals surface area contributed by atoms with Crippen molar-refractivity contribution in [1.29, 1.82) is 0 Å². The van der Waals surface area contributed by atoms with Gasteiger partial charge in [0.05, 0.1) is 0 Å². The lowest BCUT2D eigenvalue weighted by molar-refractivity contribution is 0.852. The van der Waals surface area contributed by atoms with Crippen LogP contribution in [0.5, 0.6) is 0 Å². The Morgan fingerprint density at radius 2 is 2.08 bits per heavy atom. The Balaban J connectivity index is 3.18. The summed E-state index contributed by atoms with van der Waals surface area (Å²) in [6.07, 6.45) is 0. The Morgan fingerprint density at radius 3 is 2.50 bits per heavy atom. The van der Waals surface area contributed by atoms with Crippen molar-refractivity contribution in [3.8, 4) is 0 Å². The average molecular weight is 295 g/mol. The smallest absolute Gasteiger partial charge is 0.0487 e. The quantitative estimate of drug-likeness (QED) is 0.568. The first-order valence-corrected chi connectivity index (χ1v) is 5.61. The lowest BCUT2D eigenvalue weighted by atomic mass is 9.98. The minimum Gasteiger partial charge on any atom is -0.121 e. The van der Waals surface area contributed by atoms with Crippen LogP contribution < -0.4 is 0 Å². The van der Waals surface area contributed by atoms with Gasteiger partial charge in [0.2, 0.25) is 0 Å². The zero-order valence-corrected chi connectivity index (χ0v) is 10.2. The summed E-state index contributed by atoms with van der Waals surface area (Å²) >= 11 is 8.21. The molecule has 0 spiro atoms. The Morgan fingerprint density at radius 1 is 1.42 bits per heavy atom. The van der Waals surface area contributed by atoms with E-state index in [1.54, 1.807) is 0 Å². The highest BCUT2D eigenvalue weighted by Crippen LogP contribution is 2.25. The van der Waals surface area contributed by atoms with Gasteiger partial charge in [-0.25, -0.2) is 0 Å². The van der Waals surface area contributed by atoms with Crippen molar-refractivity contribution in [3.63, 3.8) is 0 Å². The fourth-order valence-corrected chi connectivity index (χ4v) is 2.49. The summed E-state index contributed by atoms with van der Waals surface area (Å²) in [5.41, 5.74) is 2.66. The van der Waals surface area contributed by atoms with E-state index in [0.29, 0.717) is 11.8 Å². The number of hydrogen-bond donors (Lipinski definition) is 0. The van der Waals surface area contributed by atoms with E-state index in [9.17, 15) is 0 Å². The standard InChI is InChI=1S/C10H12ClI/c1-7(2)8-4-3-5-10(12)9(8)6-11/h3-5,7H,6H2,1-2H3. The summed E-state index contributed by atoms with van der Waals surface area (Å²) in [5.74, 6) is 1.18. The summed E-state index contributed by atoms with van der Waals surface area (Å²) in [6.45, 7) is 4.39. The molecule has 1 aromatic rings. The van der Waals surface area contributed by atoms with Crippen LogP contribution in [-0.4, -0.2) is 0 Å². The van der Waals surface area contributed by atoms with Gasteiger partial charge >= 0.3 is 0 Å². The SMILES string of the molecule is CC(C)c1cccc(I)c1CCl. The molecule has 1 aromatic carbocycles. The maximum Gasteiger partial charge on any atom is 0.0487 e. The van der Waals surface area contributed by atoms with E-state index in [1.165, 1.54) is 14.7 Å². The van der Waals surface area contributed by atoms with Crippen molar-refractivity contribution in [2.45, 2.75) is 25.6 Å². The molecular formula is C10H12ClI. The van der Waals surface area contributed by atoms with Crippen LogP contribution in [-0.2, 0) is 5.88 Å². The second-order valence-corrected chi connectivity index (χ2v) is 4.53. The Hall–Kier alpha value is 0.240. The molecule has 1 rings (SSSR count). The van der Waals surface area contributed by atoms with E-state index in [4.69, 9.17) is 11.6 Å². The van der Waals surface area contributed by atoms with Gasteiger partial charge in [-0.3, -0.25) is 0 Å². The molecule has 0 aliphatic carbocycles. The molecule has 0 amide bonds. The minimum absolute atomic E-state index is 0.563. The summed E-state index contributed by atoms with van der Waals surface area (Å²) in [5, 5.41) is 0. The van der Waals surface area contributed by atoms with Crippen molar-refractivity contribution in [2.75, 3.05) is 0 Å². The molecule has 0 atom stereocenters. The zero-order valence-electron chi connectivity index (χ0n) is 7.27. The van der Waals surface area contributed by atoms with Gasteiger partial charge in [-0.1, -0.05) is 26.0 Å². The summed E-state index contributed by atoms with van der Waals surface area (Å²) in [6, 6.07) is 6.35. The lowest BCUT2D eigenvalue weighted by Gasteiger charge is -2.11. The van der Waals surface area contributed by atoms with E-state index in [2.05, 4.69) is 54.6 Å². The van der Waals surface area contributed by atoms with Crippen molar-refractivity contribution in [1.82, 2.24) is 0 Å². The molecule has 0 radical (unpaired) electrons. The van der Waals surface area contributed by atoms with Crippen LogP contribution in [0.1, 0.15) is 30.9 Å². The average Bonchev–Trinajstić information content (AvgIpc) is 2.03. The van der Waals surface area contributed by atoms with Crippen molar-refractivity contribution < 1.29 is 0 Å². The summed E-state index contributed by atoms with van der Waals surface area (Å²) in [4.78, 5) is 0. The largest absolute Gasteiger partial charge is 0.121 e. The summed E-state index contributed by atoms with van der Waals surface area (Å²) < 4.78 is 1.27. The van der Waals surface area contributed by atoms with Gasteiger partial charge in [-0.15, -0.1) is 11.6 Å². The Kier molecular flexibility index (Phi) is 3.84. The van der Waals surface area contributed by atoms with Gasteiger partial charge < -0.3 is 0 Å². The third-order valence-corrected chi connectivity index (χ3v) is 3.19. The molecule has 0 heterocycles. The Bertz CT molecular complexity index is 269. The lowest BCUT2D eigenvalue weighted by Crippen LogP contribution is -1.96.